The molecule has 0 fully saturated rings. The molecular formula is C11H20N4O. The van der Waals surface area contributed by atoms with Crippen LogP contribution in [0.5, 0.6) is 0 Å². The quantitative estimate of drug-likeness (QED) is 0.800. The van der Waals surface area contributed by atoms with Crippen molar-refractivity contribution in [1.82, 2.24) is 20.0 Å². The molecule has 0 saturated carbocycles. The Bertz CT molecular complexity index is 370. The number of likely N-dealkylation sites (N-methyl/N-ethyl adjacent to an activating group) is 1. The van der Waals surface area contributed by atoms with Gasteiger partial charge < -0.3 is 10.2 Å². The van der Waals surface area contributed by atoms with Gasteiger partial charge in [-0.05, 0) is 13.8 Å². The van der Waals surface area contributed by atoms with E-state index in [-0.39, 0.29) is 11.9 Å². The molecule has 1 heterocycles. The molecular weight excluding hydrogens is 204 g/mol. The first-order valence-corrected chi connectivity index (χ1v) is 5.35. The molecule has 0 aliphatic rings. The molecule has 1 aromatic heterocycles. The van der Waals surface area contributed by atoms with E-state index in [2.05, 4.69) is 10.4 Å². The molecule has 0 spiro atoms. The Morgan fingerprint density at radius 1 is 1.62 bits per heavy atom. The summed E-state index contributed by atoms with van der Waals surface area (Å²) in [4.78, 5) is 13.2. The van der Waals surface area contributed by atoms with Gasteiger partial charge >= 0.3 is 0 Å². The Morgan fingerprint density at radius 3 is 2.69 bits per heavy atom. The maximum absolute atomic E-state index is 11.6. The highest BCUT2D eigenvalue weighted by molar-refractivity contribution is 5.80. The fourth-order valence-electron chi connectivity index (χ4n) is 1.46. The lowest BCUT2D eigenvalue weighted by molar-refractivity contribution is -0.130. The molecule has 0 aliphatic heterocycles. The monoisotopic (exact) mass is 224 g/mol. The summed E-state index contributed by atoms with van der Waals surface area (Å²) in [5.41, 5.74) is 2.25. The third-order valence-electron chi connectivity index (χ3n) is 2.75. The lowest BCUT2D eigenvalue weighted by atomic mass is 10.2. The molecule has 1 N–H and O–H groups in total. The predicted octanol–water partition coefficient (Wildman–Crippen LogP) is 0.295. The van der Waals surface area contributed by atoms with Crippen LogP contribution in [-0.2, 0) is 18.4 Å². The van der Waals surface area contributed by atoms with Crippen molar-refractivity contribution in [2.24, 2.45) is 7.05 Å². The maximum Gasteiger partial charge on any atom is 0.238 e. The molecule has 90 valence electrons. The number of amides is 1. The number of aromatic nitrogens is 2. The zero-order valence-electron chi connectivity index (χ0n) is 10.6. The first-order valence-electron chi connectivity index (χ1n) is 5.35. The zero-order valence-corrected chi connectivity index (χ0v) is 10.6. The summed E-state index contributed by atoms with van der Waals surface area (Å²) in [5.74, 6) is 0.0848. The van der Waals surface area contributed by atoms with Gasteiger partial charge in [0.25, 0.3) is 0 Å². The van der Waals surface area contributed by atoms with Crippen LogP contribution in [0.1, 0.15) is 18.2 Å². The molecule has 0 unspecified atom stereocenters. The number of aryl methyl sites for hydroxylation is 1. The van der Waals surface area contributed by atoms with E-state index in [1.165, 1.54) is 0 Å². The van der Waals surface area contributed by atoms with Crippen LogP contribution in [0.2, 0.25) is 0 Å². The normalized spacial score (nSPS) is 12.6. The molecule has 1 aromatic rings. The number of nitrogens with one attached hydrogen (secondary N) is 1. The minimum atomic E-state index is -0.172. The van der Waals surface area contributed by atoms with Crippen LogP contribution < -0.4 is 5.32 Å². The summed E-state index contributed by atoms with van der Waals surface area (Å²) in [6, 6.07) is -0.172. The van der Waals surface area contributed by atoms with Gasteiger partial charge in [0.1, 0.15) is 0 Å². The Kier molecular flexibility index (Phi) is 4.06. The van der Waals surface area contributed by atoms with Gasteiger partial charge in [0, 0.05) is 38.9 Å². The van der Waals surface area contributed by atoms with Crippen LogP contribution in [0.3, 0.4) is 0 Å². The van der Waals surface area contributed by atoms with E-state index in [9.17, 15) is 4.79 Å². The van der Waals surface area contributed by atoms with E-state index >= 15 is 0 Å². The number of carbonyl (C=O) groups excluding carboxylic acids is 1. The topological polar surface area (TPSA) is 50.2 Å². The Hall–Kier alpha value is -1.36. The maximum atomic E-state index is 11.6. The van der Waals surface area contributed by atoms with Crippen LogP contribution in [0.25, 0.3) is 0 Å². The molecule has 0 saturated heterocycles. The van der Waals surface area contributed by atoms with Crippen molar-refractivity contribution in [2.75, 3.05) is 14.1 Å². The second-order valence-electron chi connectivity index (χ2n) is 4.21. The molecule has 5 nitrogen and oxygen atoms in total. The lowest BCUT2D eigenvalue weighted by Gasteiger charge is -2.17. The molecule has 0 aliphatic carbocycles. The number of nitrogens with zero attached hydrogens (tertiary/aromatic N) is 3. The second-order valence-corrected chi connectivity index (χ2v) is 4.21. The van der Waals surface area contributed by atoms with Crippen LogP contribution in [-0.4, -0.2) is 40.7 Å². The predicted molar refractivity (Wildman–Crippen MR) is 62.9 cm³/mol. The molecule has 0 aromatic carbocycles. The van der Waals surface area contributed by atoms with Gasteiger partial charge in [-0.1, -0.05) is 0 Å². The third-order valence-corrected chi connectivity index (χ3v) is 2.75. The van der Waals surface area contributed by atoms with E-state index in [1.807, 2.05) is 31.8 Å². The number of rotatable bonds is 4. The number of hydrogen-bond acceptors (Lipinski definition) is 3. The molecule has 1 atom stereocenters. The highest BCUT2D eigenvalue weighted by Gasteiger charge is 2.14. The summed E-state index contributed by atoms with van der Waals surface area (Å²) < 4.78 is 1.83. The zero-order chi connectivity index (χ0) is 12.3. The molecule has 5 heteroatoms. The van der Waals surface area contributed by atoms with Gasteiger partial charge in [0.15, 0.2) is 0 Å². The van der Waals surface area contributed by atoms with Crippen molar-refractivity contribution < 1.29 is 4.79 Å². The molecule has 1 amide bonds. The number of hydrogen-bond donors (Lipinski definition) is 1. The van der Waals surface area contributed by atoms with Gasteiger partial charge in [0.05, 0.1) is 12.2 Å². The molecule has 0 bridgehead atoms. The SMILES string of the molecule is Cc1c(CN[C@H](C)C(=O)N(C)C)cnn1C. The first kappa shape index (κ1) is 12.7. The van der Waals surface area contributed by atoms with Crippen molar-refractivity contribution in [3.8, 4) is 0 Å². The Labute approximate surface area is 96.4 Å². The standard InChI is InChI=1S/C11H20N4O/c1-8(11(16)14(3)4)12-6-10-7-13-15(5)9(10)2/h7-8,12H,6H2,1-5H3/t8-/m1/s1. The largest absolute Gasteiger partial charge is 0.347 e. The van der Waals surface area contributed by atoms with Crippen molar-refractivity contribution in [3.63, 3.8) is 0 Å². The second kappa shape index (κ2) is 5.12. The minimum Gasteiger partial charge on any atom is -0.347 e. The minimum absolute atomic E-state index is 0.0848. The van der Waals surface area contributed by atoms with E-state index in [4.69, 9.17) is 0 Å². The van der Waals surface area contributed by atoms with Gasteiger partial charge in [-0.2, -0.15) is 5.10 Å². The average molecular weight is 224 g/mol. The van der Waals surface area contributed by atoms with E-state index < -0.39 is 0 Å². The van der Waals surface area contributed by atoms with Crippen molar-refractivity contribution in [3.05, 3.63) is 17.5 Å². The Morgan fingerprint density at radius 2 is 2.25 bits per heavy atom. The van der Waals surface area contributed by atoms with Gasteiger partial charge in [-0.15, -0.1) is 0 Å². The average Bonchev–Trinajstić information content (AvgIpc) is 2.55. The van der Waals surface area contributed by atoms with Crippen molar-refractivity contribution in [1.29, 1.82) is 0 Å². The highest BCUT2D eigenvalue weighted by Crippen LogP contribution is 2.05. The van der Waals surface area contributed by atoms with Gasteiger partial charge in [-0.3, -0.25) is 9.48 Å². The van der Waals surface area contributed by atoms with Crippen molar-refractivity contribution in [2.45, 2.75) is 26.4 Å². The summed E-state index contributed by atoms with van der Waals surface area (Å²) in [7, 11) is 5.43. The van der Waals surface area contributed by atoms with Gasteiger partial charge in [0.2, 0.25) is 5.91 Å². The Balaban J connectivity index is 2.52. The van der Waals surface area contributed by atoms with E-state index in [0.717, 1.165) is 11.3 Å². The summed E-state index contributed by atoms with van der Waals surface area (Å²) in [5, 5.41) is 7.35. The molecule has 0 radical (unpaired) electrons. The smallest absolute Gasteiger partial charge is 0.238 e. The summed E-state index contributed by atoms with van der Waals surface area (Å²) >= 11 is 0. The van der Waals surface area contributed by atoms with Crippen LogP contribution in [0, 0.1) is 6.92 Å². The first-order chi connectivity index (χ1) is 7.43. The van der Waals surface area contributed by atoms with Crippen LogP contribution >= 0.6 is 0 Å². The lowest BCUT2D eigenvalue weighted by Crippen LogP contribution is -2.41. The van der Waals surface area contributed by atoms with Crippen LogP contribution in [0.4, 0.5) is 0 Å². The highest BCUT2D eigenvalue weighted by atomic mass is 16.2. The van der Waals surface area contributed by atoms with E-state index in [0.29, 0.717) is 6.54 Å². The van der Waals surface area contributed by atoms with Crippen molar-refractivity contribution >= 4 is 5.91 Å². The fourth-order valence-corrected chi connectivity index (χ4v) is 1.46. The number of carbonyl (C=O) groups is 1. The van der Waals surface area contributed by atoms with Crippen LogP contribution in [0.15, 0.2) is 6.20 Å². The molecule has 16 heavy (non-hydrogen) atoms. The third kappa shape index (κ3) is 2.82. The fraction of sp³-hybridized carbons (Fsp3) is 0.636. The summed E-state index contributed by atoms with van der Waals surface area (Å²) in [6.07, 6.45) is 1.83. The summed E-state index contributed by atoms with van der Waals surface area (Å²) in [6.45, 7) is 4.55. The van der Waals surface area contributed by atoms with Gasteiger partial charge in [-0.25, -0.2) is 0 Å². The molecule has 1 rings (SSSR count). The van der Waals surface area contributed by atoms with E-state index in [1.54, 1.807) is 19.0 Å².